The number of nitrogens with zero attached hydrogens (tertiary/aromatic N) is 3. The fraction of sp³-hybridized carbons (Fsp3) is 0.312. The standard InChI is InChI=1S/C16H16FN3O2/c1-22-16-18-7-6-14(19-16)15(21)20-9-12(10-20)8-11-2-4-13(17)5-3-11/h2-7,12H,8-10H2,1H3. The zero-order chi connectivity index (χ0) is 15.5. The number of carbonyl (C=O) groups is 1. The van der Waals surface area contributed by atoms with Crippen molar-refractivity contribution in [1.82, 2.24) is 14.9 Å². The highest BCUT2D eigenvalue weighted by Gasteiger charge is 2.31. The topological polar surface area (TPSA) is 55.3 Å². The van der Waals surface area contributed by atoms with Crippen LogP contribution in [0.1, 0.15) is 16.1 Å². The summed E-state index contributed by atoms with van der Waals surface area (Å²) in [6.45, 7) is 1.37. The number of benzene rings is 1. The Bertz CT molecular complexity index is 669. The van der Waals surface area contributed by atoms with Crippen LogP contribution in [-0.4, -0.2) is 41.0 Å². The number of hydrogen-bond donors (Lipinski definition) is 0. The van der Waals surface area contributed by atoms with E-state index in [1.54, 1.807) is 23.1 Å². The summed E-state index contributed by atoms with van der Waals surface area (Å²) in [5.74, 6) is 0.0565. The average Bonchev–Trinajstić information content (AvgIpc) is 2.51. The van der Waals surface area contributed by atoms with E-state index in [1.165, 1.54) is 25.4 Å². The Morgan fingerprint density at radius 2 is 2.05 bits per heavy atom. The molecule has 5 nitrogen and oxygen atoms in total. The summed E-state index contributed by atoms with van der Waals surface area (Å²) in [5.41, 5.74) is 1.43. The van der Waals surface area contributed by atoms with Gasteiger partial charge in [0.15, 0.2) is 0 Å². The average molecular weight is 301 g/mol. The second kappa shape index (κ2) is 6.09. The summed E-state index contributed by atoms with van der Waals surface area (Å²) >= 11 is 0. The van der Waals surface area contributed by atoms with E-state index in [1.807, 2.05) is 0 Å². The lowest BCUT2D eigenvalue weighted by molar-refractivity contribution is 0.0494. The first-order chi connectivity index (χ1) is 10.7. The van der Waals surface area contributed by atoms with Gasteiger partial charge in [-0.15, -0.1) is 0 Å². The Labute approximate surface area is 127 Å². The van der Waals surface area contributed by atoms with Crippen molar-refractivity contribution in [2.45, 2.75) is 6.42 Å². The molecule has 0 N–H and O–H groups in total. The van der Waals surface area contributed by atoms with Crippen LogP contribution in [0.5, 0.6) is 6.01 Å². The predicted octanol–water partition coefficient (Wildman–Crippen LogP) is 1.94. The Morgan fingerprint density at radius 3 is 2.73 bits per heavy atom. The van der Waals surface area contributed by atoms with Crippen LogP contribution in [-0.2, 0) is 6.42 Å². The SMILES string of the molecule is COc1nccc(C(=O)N2CC(Cc3ccc(F)cc3)C2)n1. The molecule has 0 unspecified atom stereocenters. The number of carbonyl (C=O) groups excluding carboxylic acids is 1. The Morgan fingerprint density at radius 1 is 1.32 bits per heavy atom. The van der Waals surface area contributed by atoms with E-state index >= 15 is 0 Å². The van der Waals surface area contributed by atoms with Gasteiger partial charge in [0.1, 0.15) is 11.5 Å². The number of ether oxygens (including phenoxy) is 1. The lowest BCUT2D eigenvalue weighted by Crippen LogP contribution is -2.50. The highest BCUT2D eigenvalue weighted by atomic mass is 19.1. The molecule has 1 aliphatic rings. The molecule has 2 aromatic rings. The maximum Gasteiger partial charge on any atom is 0.316 e. The largest absolute Gasteiger partial charge is 0.467 e. The van der Waals surface area contributed by atoms with E-state index in [2.05, 4.69) is 9.97 Å². The van der Waals surface area contributed by atoms with Gasteiger partial charge in [-0.3, -0.25) is 4.79 Å². The summed E-state index contributed by atoms with van der Waals surface area (Å²) in [7, 11) is 1.46. The van der Waals surface area contributed by atoms with Gasteiger partial charge in [0.05, 0.1) is 7.11 Å². The lowest BCUT2D eigenvalue weighted by atomic mass is 9.92. The smallest absolute Gasteiger partial charge is 0.316 e. The van der Waals surface area contributed by atoms with E-state index in [0.29, 0.717) is 24.7 Å². The zero-order valence-electron chi connectivity index (χ0n) is 12.2. The summed E-state index contributed by atoms with van der Waals surface area (Å²) in [6.07, 6.45) is 2.35. The molecule has 0 atom stereocenters. The van der Waals surface area contributed by atoms with Crippen molar-refractivity contribution in [3.05, 3.63) is 53.6 Å². The maximum absolute atomic E-state index is 12.9. The molecule has 114 valence electrons. The van der Waals surface area contributed by atoms with Crippen LogP contribution in [0.3, 0.4) is 0 Å². The van der Waals surface area contributed by atoms with Crippen LogP contribution in [0, 0.1) is 11.7 Å². The lowest BCUT2D eigenvalue weighted by Gasteiger charge is -2.39. The maximum atomic E-state index is 12.9. The Hall–Kier alpha value is -2.50. The quantitative estimate of drug-likeness (QED) is 0.866. The van der Waals surface area contributed by atoms with Crippen LogP contribution in [0.2, 0.25) is 0 Å². The molecule has 1 fully saturated rings. The molecule has 0 radical (unpaired) electrons. The van der Waals surface area contributed by atoms with Crippen molar-refractivity contribution in [2.75, 3.05) is 20.2 Å². The summed E-state index contributed by atoms with van der Waals surface area (Å²) in [4.78, 5) is 21.9. The minimum atomic E-state index is -0.230. The number of aromatic nitrogens is 2. The van der Waals surface area contributed by atoms with Crippen LogP contribution >= 0.6 is 0 Å². The van der Waals surface area contributed by atoms with Gasteiger partial charge in [0.2, 0.25) is 0 Å². The van der Waals surface area contributed by atoms with Crippen LogP contribution < -0.4 is 4.74 Å². The second-order valence-corrected chi connectivity index (χ2v) is 5.34. The Balaban J connectivity index is 1.56. The van der Waals surface area contributed by atoms with Gasteiger partial charge in [0.25, 0.3) is 5.91 Å². The van der Waals surface area contributed by atoms with Crippen molar-refractivity contribution in [3.63, 3.8) is 0 Å². The van der Waals surface area contributed by atoms with Crippen molar-refractivity contribution in [2.24, 2.45) is 5.92 Å². The third-order valence-electron chi connectivity index (χ3n) is 3.72. The molecule has 6 heteroatoms. The molecule has 1 aromatic heterocycles. The molecule has 1 aromatic carbocycles. The molecule has 22 heavy (non-hydrogen) atoms. The normalized spacial score (nSPS) is 14.5. The number of amides is 1. The monoisotopic (exact) mass is 301 g/mol. The number of hydrogen-bond acceptors (Lipinski definition) is 4. The minimum Gasteiger partial charge on any atom is -0.467 e. The third kappa shape index (κ3) is 3.05. The number of rotatable bonds is 4. The molecule has 2 heterocycles. The van der Waals surface area contributed by atoms with Crippen LogP contribution in [0.15, 0.2) is 36.5 Å². The molecule has 0 saturated carbocycles. The van der Waals surface area contributed by atoms with Crippen molar-refractivity contribution >= 4 is 5.91 Å². The van der Waals surface area contributed by atoms with Crippen LogP contribution in [0.4, 0.5) is 4.39 Å². The van der Waals surface area contributed by atoms with E-state index in [0.717, 1.165) is 12.0 Å². The van der Waals surface area contributed by atoms with Crippen molar-refractivity contribution in [1.29, 1.82) is 0 Å². The van der Waals surface area contributed by atoms with Gasteiger partial charge in [-0.05, 0) is 36.1 Å². The van der Waals surface area contributed by atoms with Gasteiger partial charge in [-0.25, -0.2) is 9.37 Å². The van der Waals surface area contributed by atoms with Crippen LogP contribution in [0.25, 0.3) is 0 Å². The predicted molar refractivity (Wildman–Crippen MR) is 78.1 cm³/mol. The van der Waals surface area contributed by atoms with E-state index in [9.17, 15) is 9.18 Å². The van der Waals surface area contributed by atoms with Gasteiger partial charge in [-0.1, -0.05) is 12.1 Å². The molecule has 1 saturated heterocycles. The van der Waals surface area contributed by atoms with E-state index in [4.69, 9.17) is 4.74 Å². The van der Waals surface area contributed by atoms with Gasteiger partial charge in [-0.2, -0.15) is 4.98 Å². The molecule has 0 aliphatic carbocycles. The number of methoxy groups -OCH3 is 1. The molecular formula is C16H16FN3O2. The van der Waals surface area contributed by atoms with Gasteiger partial charge >= 0.3 is 6.01 Å². The fourth-order valence-corrected chi connectivity index (χ4v) is 2.54. The van der Waals surface area contributed by atoms with Gasteiger partial charge < -0.3 is 9.64 Å². The summed E-state index contributed by atoms with van der Waals surface area (Å²) in [6, 6.07) is 8.27. The molecule has 0 spiro atoms. The number of halogens is 1. The highest BCUT2D eigenvalue weighted by Crippen LogP contribution is 2.22. The first-order valence-electron chi connectivity index (χ1n) is 7.06. The summed E-state index contributed by atoms with van der Waals surface area (Å²) < 4.78 is 17.8. The molecule has 3 rings (SSSR count). The number of likely N-dealkylation sites (tertiary alicyclic amines) is 1. The minimum absolute atomic E-state index is 0.115. The van der Waals surface area contributed by atoms with Gasteiger partial charge in [0, 0.05) is 19.3 Å². The fourth-order valence-electron chi connectivity index (χ4n) is 2.54. The zero-order valence-corrected chi connectivity index (χ0v) is 12.2. The molecular weight excluding hydrogens is 285 g/mol. The first-order valence-corrected chi connectivity index (χ1v) is 7.06. The summed E-state index contributed by atoms with van der Waals surface area (Å²) in [5, 5.41) is 0. The van der Waals surface area contributed by atoms with Crippen molar-refractivity contribution < 1.29 is 13.9 Å². The molecule has 0 bridgehead atoms. The third-order valence-corrected chi connectivity index (χ3v) is 3.72. The van der Waals surface area contributed by atoms with E-state index in [-0.39, 0.29) is 17.7 Å². The molecule has 1 aliphatic heterocycles. The van der Waals surface area contributed by atoms with E-state index < -0.39 is 0 Å². The van der Waals surface area contributed by atoms with Crippen molar-refractivity contribution in [3.8, 4) is 6.01 Å². The first kappa shape index (κ1) is 14.4. The second-order valence-electron chi connectivity index (χ2n) is 5.34. The Kier molecular flexibility index (Phi) is 4.00. The highest BCUT2D eigenvalue weighted by molar-refractivity contribution is 5.92. The molecule has 1 amide bonds.